The average Bonchev–Trinajstić information content (AvgIpc) is 3.09. The Morgan fingerprint density at radius 2 is 2.19 bits per heavy atom. The van der Waals surface area contributed by atoms with Gasteiger partial charge in [0.05, 0.1) is 0 Å². The first kappa shape index (κ1) is 14.4. The molecule has 0 atom stereocenters. The van der Waals surface area contributed by atoms with E-state index in [1.165, 1.54) is 32.1 Å². The van der Waals surface area contributed by atoms with Gasteiger partial charge >= 0.3 is 0 Å². The largest absolute Gasteiger partial charge is 0.351 e. The first-order valence-electron chi connectivity index (χ1n) is 7.66. The third-order valence-corrected chi connectivity index (χ3v) is 4.52. The third-order valence-electron chi connectivity index (χ3n) is 4.25. The van der Waals surface area contributed by atoms with E-state index in [1.807, 2.05) is 24.4 Å². The van der Waals surface area contributed by atoms with Crippen LogP contribution in [-0.4, -0.2) is 21.8 Å². The zero-order chi connectivity index (χ0) is 14.7. The molecule has 2 aromatic heterocycles. The lowest BCUT2D eigenvalue weighted by Gasteiger charge is -2.09. The van der Waals surface area contributed by atoms with Crippen LogP contribution in [-0.2, 0) is 0 Å². The van der Waals surface area contributed by atoms with E-state index in [9.17, 15) is 4.79 Å². The summed E-state index contributed by atoms with van der Waals surface area (Å²) in [6.45, 7) is 0.700. The first-order chi connectivity index (χ1) is 10.3. The van der Waals surface area contributed by atoms with Crippen LogP contribution in [0.5, 0.6) is 0 Å². The molecule has 4 nitrogen and oxygen atoms in total. The predicted octanol–water partition coefficient (Wildman–Crippen LogP) is 3.69. The van der Waals surface area contributed by atoms with Crippen molar-refractivity contribution in [3.8, 4) is 0 Å². The molecule has 0 aliphatic heterocycles. The number of imidazole rings is 1. The second-order valence-corrected chi connectivity index (χ2v) is 6.09. The predicted molar refractivity (Wildman–Crippen MR) is 83.7 cm³/mol. The molecule has 2 heterocycles. The number of halogens is 1. The molecule has 112 valence electrons. The van der Waals surface area contributed by atoms with Crippen LogP contribution in [0.25, 0.3) is 5.65 Å². The molecule has 1 amide bonds. The summed E-state index contributed by atoms with van der Waals surface area (Å²) in [7, 11) is 0. The van der Waals surface area contributed by atoms with Gasteiger partial charge in [-0.1, -0.05) is 43.4 Å². The number of carbonyl (C=O) groups is 1. The van der Waals surface area contributed by atoms with Crippen LogP contribution in [0, 0.1) is 5.92 Å². The van der Waals surface area contributed by atoms with Crippen molar-refractivity contribution in [3.05, 3.63) is 35.2 Å². The maximum absolute atomic E-state index is 12.3. The molecule has 3 rings (SSSR count). The van der Waals surface area contributed by atoms with Crippen LogP contribution in [0.4, 0.5) is 0 Å². The highest BCUT2D eigenvalue weighted by molar-refractivity contribution is 6.32. The van der Waals surface area contributed by atoms with Crippen molar-refractivity contribution in [2.45, 2.75) is 38.5 Å². The molecule has 0 spiro atoms. The van der Waals surface area contributed by atoms with E-state index >= 15 is 0 Å². The number of hydrogen-bond donors (Lipinski definition) is 1. The van der Waals surface area contributed by atoms with Gasteiger partial charge in [-0.2, -0.15) is 0 Å². The Hall–Kier alpha value is -1.55. The SMILES string of the molecule is O=C(NCCCC1CCCC1)c1c(Cl)nc2ccccn12. The highest BCUT2D eigenvalue weighted by atomic mass is 35.5. The molecule has 0 unspecified atom stereocenters. The minimum atomic E-state index is -0.148. The van der Waals surface area contributed by atoms with E-state index in [0.717, 1.165) is 12.3 Å². The fourth-order valence-electron chi connectivity index (χ4n) is 3.15. The van der Waals surface area contributed by atoms with Gasteiger partial charge in [0, 0.05) is 12.7 Å². The number of carbonyl (C=O) groups excluding carboxylic acids is 1. The standard InChI is InChI=1S/C16H20ClN3O/c17-15-14(20-11-4-3-9-13(20)19-15)16(21)18-10-5-8-12-6-1-2-7-12/h3-4,9,11-12H,1-2,5-8,10H2,(H,18,21). The molecule has 2 aromatic rings. The van der Waals surface area contributed by atoms with Gasteiger partial charge in [0.2, 0.25) is 0 Å². The summed E-state index contributed by atoms with van der Waals surface area (Å²) in [4.78, 5) is 16.5. The highest BCUT2D eigenvalue weighted by Crippen LogP contribution is 2.28. The van der Waals surface area contributed by atoms with Crippen molar-refractivity contribution in [3.63, 3.8) is 0 Å². The highest BCUT2D eigenvalue weighted by Gasteiger charge is 2.18. The summed E-state index contributed by atoms with van der Waals surface area (Å²) in [5.41, 5.74) is 1.12. The number of hydrogen-bond acceptors (Lipinski definition) is 2. The van der Waals surface area contributed by atoms with E-state index in [1.54, 1.807) is 4.40 Å². The summed E-state index contributed by atoms with van der Waals surface area (Å²) < 4.78 is 1.73. The molecule has 21 heavy (non-hydrogen) atoms. The number of nitrogens with zero attached hydrogens (tertiary/aromatic N) is 2. The molecule has 1 aliphatic rings. The zero-order valence-electron chi connectivity index (χ0n) is 12.0. The van der Waals surface area contributed by atoms with Crippen molar-refractivity contribution in [2.24, 2.45) is 5.92 Å². The van der Waals surface area contributed by atoms with Crippen molar-refractivity contribution in [2.75, 3.05) is 6.54 Å². The Morgan fingerprint density at radius 1 is 1.38 bits per heavy atom. The number of nitrogens with one attached hydrogen (secondary N) is 1. The number of fused-ring (bicyclic) bond motifs is 1. The lowest BCUT2D eigenvalue weighted by atomic mass is 10.0. The van der Waals surface area contributed by atoms with Gasteiger partial charge in [-0.15, -0.1) is 0 Å². The monoisotopic (exact) mass is 305 g/mol. The number of amides is 1. The molecule has 5 heteroatoms. The average molecular weight is 306 g/mol. The van der Waals surface area contributed by atoms with E-state index in [0.29, 0.717) is 17.9 Å². The topological polar surface area (TPSA) is 46.4 Å². The van der Waals surface area contributed by atoms with E-state index in [-0.39, 0.29) is 11.1 Å². The molecule has 1 N–H and O–H groups in total. The van der Waals surface area contributed by atoms with Gasteiger partial charge in [-0.25, -0.2) is 4.98 Å². The van der Waals surface area contributed by atoms with Crippen LogP contribution >= 0.6 is 11.6 Å². The second kappa shape index (κ2) is 6.48. The Morgan fingerprint density at radius 3 is 3.00 bits per heavy atom. The number of aromatic nitrogens is 2. The molecule has 0 aromatic carbocycles. The summed E-state index contributed by atoms with van der Waals surface area (Å²) in [5.74, 6) is 0.714. The minimum Gasteiger partial charge on any atom is -0.351 e. The van der Waals surface area contributed by atoms with Gasteiger partial charge in [0.15, 0.2) is 10.8 Å². The summed E-state index contributed by atoms with van der Waals surface area (Å²) in [6, 6.07) is 5.58. The maximum atomic E-state index is 12.3. The summed E-state index contributed by atoms with van der Waals surface area (Å²) in [5, 5.41) is 3.22. The van der Waals surface area contributed by atoms with Crippen molar-refractivity contribution in [1.29, 1.82) is 0 Å². The molecule has 0 saturated heterocycles. The zero-order valence-corrected chi connectivity index (χ0v) is 12.8. The normalized spacial score (nSPS) is 15.7. The van der Waals surface area contributed by atoms with Gasteiger partial charge in [0.1, 0.15) is 5.65 Å². The van der Waals surface area contributed by atoms with Crippen molar-refractivity contribution >= 4 is 23.2 Å². The van der Waals surface area contributed by atoms with Gasteiger partial charge < -0.3 is 5.32 Å². The lowest BCUT2D eigenvalue weighted by molar-refractivity contribution is 0.0946. The molecule has 1 fully saturated rings. The van der Waals surface area contributed by atoms with Crippen LogP contribution in [0.3, 0.4) is 0 Å². The van der Waals surface area contributed by atoms with Crippen molar-refractivity contribution in [1.82, 2.24) is 14.7 Å². The Balaban J connectivity index is 1.57. The van der Waals surface area contributed by atoms with Crippen LogP contribution in [0.2, 0.25) is 5.15 Å². The third kappa shape index (κ3) is 3.21. The Labute approximate surface area is 129 Å². The molecule has 1 aliphatic carbocycles. The Bertz CT molecular complexity index is 631. The van der Waals surface area contributed by atoms with Gasteiger partial charge in [-0.3, -0.25) is 9.20 Å². The molecular formula is C16H20ClN3O. The van der Waals surface area contributed by atoms with Crippen LogP contribution in [0.1, 0.15) is 49.0 Å². The van der Waals surface area contributed by atoms with Crippen molar-refractivity contribution < 1.29 is 4.79 Å². The lowest BCUT2D eigenvalue weighted by Crippen LogP contribution is -2.26. The molecular weight excluding hydrogens is 286 g/mol. The fourth-order valence-corrected chi connectivity index (χ4v) is 3.41. The minimum absolute atomic E-state index is 0.148. The molecule has 0 radical (unpaired) electrons. The first-order valence-corrected chi connectivity index (χ1v) is 8.04. The number of pyridine rings is 1. The van der Waals surface area contributed by atoms with E-state index in [4.69, 9.17) is 11.6 Å². The van der Waals surface area contributed by atoms with Crippen LogP contribution < -0.4 is 5.32 Å². The Kier molecular flexibility index (Phi) is 4.44. The fraction of sp³-hybridized carbons (Fsp3) is 0.500. The van der Waals surface area contributed by atoms with Crippen LogP contribution in [0.15, 0.2) is 24.4 Å². The summed E-state index contributed by atoms with van der Waals surface area (Å²) >= 11 is 6.09. The quantitative estimate of drug-likeness (QED) is 0.856. The summed E-state index contributed by atoms with van der Waals surface area (Å²) in [6.07, 6.45) is 9.50. The molecule has 1 saturated carbocycles. The van der Waals surface area contributed by atoms with E-state index in [2.05, 4.69) is 10.3 Å². The second-order valence-electron chi connectivity index (χ2n) is 5.73. The van der Waals surface area contributed by atoms with Gasteiger partial charge in [-0.05, 0) is 30.9 Å². The maximum Gasteiger partial charge on any atom is 0.271 e. The van der Waals surface area contributed by atoms with Gasteiger partial charge in [0.25, 0.3) is 5.91 Å². The van der Waals surface area contributed by atoms with E-state index < -0.39 is 0 Å². The number of rotatable bonds is 5. The smallest absolute Gasteiger partial charge is 0.271 e. The molecule has 0 bridgehead atoms.